The van der Waals surface area contributed by atoms with Gasteiger partial charge in [-0.05, 0) is 43.1 Å². The monoisotopic (exact) mass is 238 g/mol. The number of nitrogens with one attached hydrogen (secondary N) is 1. The number of rotatable bonds is 5. The molecule has 0 unspecified atom stereocenters. The maximum Gasteiger partial charge on any atom is 0.0314 e. The first-order valence-corrected chi connectivity index (χ1v) is 6.80. The molecule has 3 N–H and O–H groups in total. The largest absolute Gasteiger partial charge is 0.329 e. The highest BCUT2D eigenvalue weighted by Crippen LogP contribution is 2.49. The summed E-state index contributed by atoms with van der Waals surface area (Å²) in [4.78, 5) is 0. The SMILES string of the molecule is C=CCCNC1(CN)CC(C)(C)CC(C)(C)C1. The van der Waals surface area contributed by atoms with Crippen LogP contribution in [-0.2, 0) is 0 Å². The zero-order valence-electron chi connectivity index (χ0n) is 12.1. The second-order valence-electron chi connectivity index (χ2n) is 7.35. The molecule has 0 heterocycles. The lowest BCUT2D eigenvalue weighted by atomic mass is 9.58. The summed E-state index contributed by atoms with van der Waals surface area (Å²) in [6, 6.07) is 0. The van der Waals surface area contributed by atoms with Crippen molar-refractivity contribution in [1.29, 1.82) is 0 Å². The average molecular weight is 238 g/mol. The highest BCUT2D eigenvalue weighted by molar-refractivity contribution is 5.03. The molecule has 0 saturated heterocycles. The molecule has 100 valence electrons. The second kappa shape index (κ2) is 5.11. The van der Waals surface area contributed by atoms with E-state index >= 15 is 0 Å². The van der Waals surface area contributed by atoms with Crippen molar-refractivity contribution in [2.75, 3.05) is 13.1 Å². The molecule has 1 saturated carbocycles. The molecule has 0 amide bonds. The molecule has 0 atom stereocenters. The van der Waals surface area contributed by atoms with Gasteiger partial charge in [0, 0.05) is 12.1 Å². The van der Waals surface area contributed by atoms with E-state index in [0.29, 0.717) is 10.8 Å². The van der Waals surface area contributed by atoms with Crippen LogP contribution in [0.3, 0.4) is 0 Å². The molecule has 0 aromatic rings. The van der Waals surface area contributed by atoms with E-state index in [2.05, 4.69) is 39.6 Å². The third-order valence-corrected chi connectivity index (χ3v) is 3.83. The van der Waals surface area contributed by atoms with Gasteiger partial charge in [-0.15, -0.1) is 6.58 Å². The number of nitrogens with two attached hydrogens (primary N) is 1. The molecule has 0 aromatic heterocycles. The van der Waals surface area contributed by atoms with Gasteiger partial charge in [0.15, 0.2) is 0 Å². The van der Waals surface area contributed by atoms with Crippen molar-refractivity contribution in [2.45, 2.75) is 58.9 Å². The van der Waals surface area contributed by atoms with E-state index in [1.54, 1.807) is 0 Å². The van der Waals surface area contributed by atoms with Crippen molar-refractivity contribution in [1.82, 2.24) is 5.32 Å². The summed E-state index contributed by atoms with van der Waals surface area (Å²) in [6.07, 6.45) is 6.62. The Morgan fingerprint density at radius 1 is 1.12 bits per heavy atom. The first kappa shape index (κ1) is 14.7. The van der Waals surface area contributed by atoms with Crippen LogP contribution >= 0.6 is 0 Å². The first-order valence-electron chi connectivity index (χ1n) is 6.80. The van der Waals surface area contributed by atoms with E-state index in [1.165, 1.54) is 19.3 Å². The van der Waals surface area contributed by atoms with Crippen molar-refractivity contribution >= 4 is 0 Å². The summed E-state index contributed by atoms with van der Waals surface area (Å²) >= 11 is 0. The molecule has 1 fully saturated rings. The van der Waals surface area contributed by atoms with Crippen molar-refractivity contribution in [2.24, 2.45) is 16.6 Å². The standard InChI is InChI=1S/C15H30N2/c1-6-7-8-17-15(12-16)10-13(2,3)9-14(4,5)11-15/h6,17H,1,7-12,16H2,2-5H3. The number of hydrogen-bond donors (Lipinski definition) is 2. The summed E-state index contributed by atoms with van der Waals surface area (Å²) < 4.78 is 0. The molecule has 2 heteroatoms. The molecule has 1 aliphatic carbocycles. The molecule has 2 nitrogen and oxygen atoms in total. The molecular formula is C15H30N2. The molecular weight excluding hydrogens is 208 g/mol. The Morgan fingerprint density at radius 3 is 2.06 bits per heavy atom. The molecule has 0 bridgehead atoms. The maximum absolute atomic E-state index is 6.07. The predicted molar refractivity (Wildman–Crippen MR) is 76.0 cm³/mol. The Labute approximate surface area is 107 Å². The van der Waals surface area contributed by atoms with Gasteiger partial charge in [0.2, 0.25) is 0 Å². The molecule has 1 rings (SSSR count). The molecule has 0 aliphatic heterocycles. The van der Waals surface area contributed by atoms with Crippen LogP contribution in [0.4, 0.5) is 0 Å². The zero-order chi connectivity index (χ0) is 13.2. The minimum absolute atomic E-state index is 0.119. The quantitative estimate of drug-likeness (QED) is 0.570. The Morgan fingerprint density at radius 2 is 1.65 bits per heavy atom. The van der Waals surface area contributed by atoms with Gasteiger partial charge in [-0.3, -0.25) is 0 Å². The van der Waals surface area contributed by atoms with Crippen molar-refractivity contribution in [3.63, 3.8) is 0 Å². The fourth-order valence-electron chi connectivity index (χ4n) is 4.10. The van der Waals surface area contributed by atoms with Gasteiger partial charge in [-0.2, -0.15) is 0 Å². The lowest BCUT2D eigenvalue weighted by Crippen LogP contribution is -2.59. The van der Waals surface area contributed by atoms with E-state index < -0.39 is 0 Å². The van der Waals surface area contributed by atoms with Crippen LogP contribution in [0.25, 0.3) is 0 Å². The summed E-state index contributed by atoms with van der Waals surface area (Å²) in [5.41, 5.74) is 6.95. The van der Waals surface area contributed by atoms with E-state index in [1.807, 2.05) is 6.08 Å². The van der Waals surface area contributed by atoms with Crippen LogP contribution in [-0.4, -0.2) is 18.6 Å². The van der Waals surface area contributed by atoms with Crippen molar-refractivity contribution in [3.05, 3.63) is 12.7 Å². The van der Waals surface area contributed by atoms with Crippen LogP contribution in [0.5, 0.6) is 0 Å². The van der Waals surface area contributed by atoms with Gasteiger partial charge in [0.25, 0.3) is 0 Å². The Balaban J connectivity index is 2.78. The van der Waals surface area contributed by atoms with E-state index in [4.69, 9.17) is 5.73 Å². The minimum Gasteiger partial charge on any atom is -0.329 e. The number of hydrogen-bond acceptors (Lipinski definition) is 2. The fourth-order valence-corrected chi connectivity index (χ4v) is 4.10. The van der Waals surface area contributed by atoms with E-state index in [9.17, 15) is 0 Å². The third kappa shape index (κ3) is 4.11. The highest BCUT2D eigenvalue weighted by atomic mass is 15.0. The Kier molecular flexibility index (Phi) is 4.43. The van der Waals surface area contributed by atoms with Gasteiger partial charge >= 0.3 is 0 Å². The average Bonchev–Trinajstić information content (AvgIpc) is 2.13. The van der Waals surface area contributed by atoms with Crippen LogP contribution in [0.15, 0.2) is 12.7 Å². The predicted octanol–water partition coefficient (Wildman–Crippen LogP) is 3.09. The summed E-state index contributed by atoms with van der Waals surface area (Å²) in [5, 5.41) is 3.70. The van der Waals surface area contributed by atoms with E-state index in [-0.39, 0.29) is 5.54 Å². The Bertz CT molecular complexity index is 250. The molecule has 1 aliphatic rings. The molecule has 17 heavy (non-hydrogen) atoms. The zero-order valence-corrected chi connectivity index (χ0v) is 12.1. The smallest absolute Gasteiger partial charge is 0.0314 e. The van der Waals surface area contributed by atoms with Crippen LogP contribution in [0.2, 0.25) is 0 Å². The highest BCUT2D eigenvalue weighted by Gasteiger charge is 2.46. The summed E-state index contributed by atoms with van der Waals surface area (Å²) in [6.45, 7) is 15.0. The Hall–Kier alpha value is -0.340. The maximum atomic E-state index is 6.07. The molecule has 0 spiro atoms. The second-order valence-corrected chi connectivity index (χ2v) is 7.35. The fraction of sp³-hybridized carbons (Fsp3) is 0.867. The van der Waals surface area contributed by atoms with Crippen molar-refractivity contribution < 1.29 is 0 Å². The molecule has 0 radical (unpaired) electrons. The van der Waals surface area contributed by atoms with Gasteiger partial charge < -0.3 is 11.1 Å². The lowest BCUT2D eigenvalue weighted by molar-refractivity contribution is 0.0330. The topological polar surface area (TPSA) is 38.0 Å². The van der Waals surface area contributed by atoms with Crippen molar-refractivity contribution in [3.8, 4) is 0 Å². The third-order valence-electron chi connectivity index (χ3n) is 3.83. The minimum atomic E-state index is 0.119. The summed E-state index contributed by atoms with van der Waals surface area (Å²) in [7, 11) is 0. The van der Waals surface area contributed by atoms with Gasteiger partial charge in [-0.1, -0.05) is 33.8 Å². The van der Waals surface area contributed by atoms with Gasteiger partial charge in [-0.25, -0.2) is 0 Å². The van der Waals surface area contributed by atoms with Gasteiger partial charge in [0.05, 0.1) is 0 Å². The molecule has 0 aromatic carbocycles. The summed E-state index contributed by atoms with van der Waals surface area (Å²) in [5.74, 6) is 0. The lowest BCUT2D eigenvalue weighted by Gasteiger charge is -2.52. The van der Waals surface area contributed by atoms with Crippen LogP contribution in [0, 0.1) is 10.8 Å². The normalized spacial score (nSPS) is 25.5. The van der Waals surface area contributed by atoms with E-state index in [0.717, 1.165) is 19.5 Å². The van der Waals surface area contributed by atoms with Crippen LogP contribution in [0.1, 0.15) is 53.4 Å². The van der Waals surface area contributed by atoms with Gasteiger partial charge in [0.1, 0.15) is 0 Å². The van der Waals surface area contributed by atoms with Crippen LogP contribution < -0.4 is 11.1 Å². The first-order chi connectivity index (χ1) is 7.74.